The number of thioether (sulfide) groups is 1. The largest absolute Gasteiger partial charge is 0.310 e. The van der Waals surface area contributed by atoms with Crippen molar-refractivity contribution < 1.29 is 4.79 Å². The van der Waals surface area contributed by atoms with Crippen molar-refractivity contribution in [3.63, 3.8) is 0 Å². The van der Waals surface area contributed by atoms with Crippen molar-refractivity contribution in [2.75, 3.05) is 11.1 Å². The van der Waals surface area contributed by atoms with Gasteiger partial charge >= 0.3 is 0 Å². The first-order chi connectivity index (χ1) is 9.25. The number of carbonyl (C=O) groups excluding carboxylic acids is 1. The van der Waals surface area contributed by atoms with Crippen LogP contribution in [0.1, 0.15) is 11.3 Å². The van der Waals surface area contributed by atoms with Crippen molar-refractivity contribution >= 4 is 23.5 Å². The van der Waals surface area contributed by atoms with Crippen LogP contribution in [0.15, 0.2) is 42.7 Å². The Labute approximate surface area is 116 Å². The second-order valence-electron chi connectivity index (χ2n) is 4.02. The molecule has 0 fully saturated rings. The van der Waals surface area contributed by atoms with Crippen LogP contribution in [0, 0.1) is 6.92 Å². The third kappa shape index (κ3) is 4.37. The van der Waals surface area contributed by atoms with Crippen molar-refractivity contribution in [3.05, 3.63) is 54.0 Å². The second kappa shape index (κ2) is 6.89. The highest BCUT2D eigenvalue weighted by molar-refractivity contribution is 7.99. The maximum Gasteiger partial charge on any atom is 0.235 e. The minimum Gasteiger partial charge on any atom is -0.310 e. The fourth-order valence-electron chi connectivity index (χ4n) is 1.53. The number of aromatic nitrogens is 2. The van der Waals surface area contributed by atoms with Gasteiger partial charge in [-0.05, 0) is 30.7 Å². The van der Waals surface area contributed by atoms with E-state index in [9.17, 15) is 4.79 Å². The summed E-state index contributed by atoms with van der Waals surface area (Å²) < 4.78 is 0. The Hall–Kier alpha value is -1.88. The molecule has 2 aromatic rings. The zero-order valence-electron chi connectivity index (χ0n) is 10.7. The number of hydrogen-bond acceptors (Lipinski definition) is 4. The Morgan fingerprint density at radius 1 is 1.21 bits per heavy atom. The second-order valence-corrected chi connectivity index (χ2v) is 5.01. The first-order valence-electron chi connectivity index (χ1n) is 5.95. The molecule has 4 nitrogen and oxygen atoms in total. The van der Waals surface area contributed by atoms with E-state index in [-0.39, 0.29) is 5.91 Å². The SMILES string of the molecule is Cc1cccnc1CSCC(=O)Nc1ccccn1. The van der Waals surface area contributed by atoms with Gasteiger partial charge < -0.3 is 5.32 Å². The smallest absolute Gasteiger partial charge is 0.235 e. The summed E-state index contributed by atoms with van der Waals surface area (Å²) in [7, 11) is 0. The van der Waals surface area contributed by atoms with E-state index < -0.39 is 0 Å². The zero-order valence-corrected chi connectivity index (χ0v) is 11.5. The van der Waals surface area contributed by atoms with E-state index in [0.717, 1.165) is 17.0 Å². The molecular formula is C14H15N3OS. The Bertz CT molecular complexity index is 545. The van der Waals surface area contributed by atoms with Gasteiger partial charge in [0, 0.05) is 18.1 Å². The quantitative estimate of drug-likeness (QED) is 0.910. The van der Waals surface area contributed by atoms with Crippen molar-refractivity contribution in [2.45, 2.75) is 12.7 Å². The summed E-state index contributed by atoms with van der Waals surface area (Å²) in [6.07, 6.45) is 3.43. The van der Waals surface area contributed by atoms with Gasteiger partial charge in [-0.3, -0.25) is 9.78 Å². The van der Waals surface area contributed by atoms with Crippen LogP contribution in [-0.4, -0.2) is 21.6 Å². The molecule has 0 unspecified atom stereocenters. The normalized spacial score (nSPS) is 10.2. The number of amides is 1. The van der Waals surface area contributed by atoms with E-state index in [1.165, 1.54) is 0 Å². The van der Waals surface area contributed by atoms with Crippen LogP contribution in [0.25, 0.3) is 0 Å². The molecular weight excluding hydrogens is 258 g/mol. The van der Waals surface area contributed by atoms with Gasteiger partial charge in [0.15, 0.2) is 0 Å². The van der Waals surface area contributed by atoms with E-state index in [4.69, 9.17) is 0 Å². The number of nitrogens with zero attached hydrogens (tertiary/aromatic N) is 2. The lowest BCUT2D eigenvalue weighted by Crippen LogP contribution is -2.15. The van der Waals surface area contributed by atoms with Crippen LogP contribution in [0.3, 0.4) is 0 Å². The van der Waals surface area contributed by atoms with Gasteiger partial charge in [-0.1, -0.05) is 12.1 Å². The molecule has 5 heteroatoms. The molecule has 0 aromatic carbocycles. The molecule has 98 valence electrons. The number of aryl methyl sites for hydroxylation is 1. The monoisotopic (exact) mass is 273 g/mol. The van der Waals surface area contributed by atoms with Crippen molar-refractivity contribution in [3.8, 4) is 0 Å². The van der Waals surface area contributed by atoms with Gasteiger partial charge in [-0.2, -0.15) is 0 Å². The van der Waals surface area contributed by atoms with Gasteiger partial charge in [-0.15, -0.1) is 11.8 Å². The van der Waals surface area contributed by atoms with Crippen LogP contribution >= 0.6 is 11.8 Å². The van der Waals surface area contributed by atoms with E-state index >= 15 is 0 Å². The lowest BCUT2D eigenvalue weighted by Gasteiger charge is -2.05. The maximum absolute atomic E-state index is 11.7. The van der Waals surface area contributed by atoms with Gasteiger partial charge in [0.2, 0.25) is 5.91 Å². The minimum atomic E-state index is -0.0442. The molecule has 0 spiro atoms. The Balaban J connectivity index is 1.77. The Kier molecular flexibility index (Phi) is 4.92. The predicted molar refractivity (Wildman–Crippen MR) is 78.0 cm³/mol. The number of nitrogens with one attached hydrogen (secondary N) is 1. The lowest BCUT2D eigenvalue weighted by molar-refractivity contribution is -0.113. The number of anilines is 1. The minimum absolute atomic E-state index is 0.0442. The predicted octanol–water partition coefficient (Wildman–Crippen LogP) is 2.66. The number of pyridine rings is 2. The molecule has 2 rings (SSSR count). The first kappa shape index (κ1) is 13.5. The number of hydrogen-bond donors (Lipinski definition) is 1. The zero-order chi connectivity index (χ0) is 13.5. The highest BCUT2D eigenvalue weighted by atomic mass is 32.2. The van der Waals surface area contributed by atoms with Gasteiger partial charge in [-0.25, -0.2) is 4.98 Å². The van der Waals surface area contributed by atoms with Crippen molar-refractivity contribution in [1.29, 1.82) is 0 Å². The molecule has 2 aromatic heterocycles. The molecule has 0 aliphatic rings. The Morgan fingerprint density at radius 3 is 2.79 bits per heavy atom. The van der Waals surface area contributed by atoms with Crippen molar-refractivity contribution in [2.24, 2.45) is 0 Å². The Morgan fingerprint density at radius 2 is 2.05 bits per heavy atom. The fourth-order valence-corrected chi connectivity index (χ4v) is 2.38. The topological polar surface area (TPSA) is 54.9 Å². The van der Waals surface area contributed by atoms with Crippen LogP contribution < -0.4 is 5.32 Å². The fraction of sp³-hybridized carbons (Fsp3) is 0.214. The summed E-state index contributed by atoms with van der Waals surface area (Å²) in [5.41, 5.74) is 2.18. The van der Waals surface area contributed by atoms with E-state index in [0.29, 0.717) is 11.6 Å². The highest BCUT2D eigenvalue weighted by Crippen LogP contribution is 2.13. The summed E-state index contributed by atoms with van der Waals surface area (Å²) in [4.78, 5) is 20.0. The van der Waals surface area contributed by atoms with Crippen LogP contribution in [0.4, 0.5) is 5.82 Å². The lowest BCUT2D eigenvalue weighted by atomic mass is 10.2. The van der Waals surface area contributed by atoms with E-state index in [2.05, 4.69) is 15.3 Å². The first-order valence-corrected chi connectivity index (χ1v) is 7.10. The van der Waals surface area contributed by atoms with Gasteiger partial charge in [0.05, 0.1) is 11.4 Å². The average Bonchev–Trinajstić information content (AvgIpc) is 2.42. The van der Waals surface area contributed by atoms with Gasteiger partial charge in [0.25, 0.3) is 0 Å². The summed E-state index contributed by atoms with van der Waals surface area (Å²) >= 11 is 1.55. The molecule has 0 atom stereocenters. The highest BCUT2D eigenvalue weighted by Gasteiger charge is 2.04. The van der Waals surface area contributed by atoms with Crippen molar-refractivity contribution in [1.82, 2.24) is 9.97 Å². The van der Waals surface area contributed by atoms with Gasteiger partial charge in [0.1, 0.15) is 5.82 Å². The molecule has 0 saturated heterocycles. The molecule has 19 heavy (non-hydrogen) atoms. The molecule has 0 radical (unpaired) electrons. The summed E-state index contributed by atoms with van der Waals surface area (Å²) in [5.74, 6) is 1.67. The number of carbonyl (C=O) groups is 1. The molecule has 2 heterocycles. The molecule has 1 amide bonds. The average molecular weight is 273 g/mol. The molecule has 0 bridgehead atoms. The third-order valence-corrected chi connectivity index (χ3v) is 3.47. The van der Waals surface area contributed by atoms with E-state index in [1.807, 2.05) is 31.2 Å². The molecule has 0 saturated carbocycles. The number of rotatable bonds is 5. The van der Waals surface area contributed by atoms with Crippen LogP contribution in [0.5, 0.6) is 0 Å². The third-order valence-electron chi connectivity index (χ3n) is 2.52. The molecule has 0 aliphatic heterocycles. The van der Waals surface area contributed by atoms with Crippen LogP contribution in [-0.2, 0) is 10.5 Å². The summed E-state index contributed by atoms with van der Waals surface area (Å²) in [6.45, 7) is 2.02. The van der Waals surface area contributed by atoms with Crippen LogP contribution in [0.2, 0.25) is 0 Å². The summed E-state index contributed by atoms with van der Waals surface area (Å²) in [5, 5.41) is 2.75. The maximum atomic E-state index is 11.7. The molecule has 0 aliphatic carbocycles. The molecule has 1 N–H and O–H groups in total. The standard InChI is InChI=1S/C14H15N3OS/c1-11-5-4-8-15-12(11)9-19-10-14(18)17-13-6-2-3-7-16-13/h2-8H,9-10H2,1H3,(H,16,17,18). The van der Waals surface area contributed by atoms with E-state index in [1.54, 1.807) is 30.2 Å². The summed E-state index contributed by atoms with van der Waals surface area (Å²) in [6, 6.07) is 9.36.